The Labute approximate surface area is 91.9 Å². The molecular formula is C10H11N5O. The van der Waals surface area contributed by atoms with Crippen LogP contribution < -0.4 is 11.1 Å². The number of pyridine rings is 1. The molecule has 0 spiro atoms. The predicted molar refractivity (Wildman–Crippen MR) is 59.9 cm³/mol. The van der Waals surface area contributed by atoms with E-state index in [-0.39, 0.29) is 5.91 Å². The Morgan fingerprint density at radius 2 is 2.31 bits per heavy atom. The molecule has 0 unspecified atom stereocenters. The monoisotopic (exact) mass is 217 g/mol. The van der Waals surface area contributed by atoms with E-state index in [2.05, 4.69) is 20.3 Å². The van der Waals surface area contributed by atoms with E-state index in [9.17, 15) is 4.79 Å². The normalized spacial score (nSPS) is 10.1. The number of aromatic amines is 1. The van der Waals surface area contributed by atoms with Gasteiger partial charge in [0.2, 0.25) is 5.95 Å². The summed E-state index contributed by atoms with van der Waals surface area (Å²) < 4.78 is 0. The number of anilines is 2. The second-order valence-electron chi connectivity index (χ2n) is 3.30. The molecule has 4 N–H and O–H groups in total. The van der Waals surface area contributed by atoms with Crippen LogP contribution in [-0.4, -0.2) is 20.9 Å². The molecule has 0 atom stereocenters. The van der Waals surface area contributed by atoms with E-state index < -0.39 is 0 Å². The van der Waals surface area contributed by atoms with Crippen LogP contribution in [0.3, 0.4) is 0 Å². The molecule has 1 amide bonds. The van der Waals surface area contributed by atoms with E-state index in [0.29, 0.717) is 17.2 Å². The Bertz CT molecular complexity index is 506. The number of carbonyl (C=O) groups excluding carboxylic acids is 1. The number of nitrogen functional groups attached to an aromatic ring is 1. The van der Waals surface area contributed by atoms with Gasteiger partial charge in [-0.25, -0.2) is 4.98 Å². The van der Waals surface area contributed by atoms with Crippen molar-refractivity contribution in [3.63, 3.8) is 0 Å². The maximum atomic E-state index is 11.8. The molecule has 2 rings (SSSR count). The zero-order valence-electron chi connectivity index (χ0n) is 8.69. The van der Waals surface area contributed by atoms with Crippen molar-refractivity contribution in [3.8, 4) is 0 Å². The van der Waals surface area contributed by atoms with Gasteiger partial charge in [-0.1, -0.05) is 0 Å². The van der Waals surface area contributed by atoms with Crippen LogP contribution in [0.4, 0.5) is 11.6 Å². The van der Waals surface area contributed by atoms with Crippen molar-refractivity contribution in [1.29, 1.82) is 0 Å². The van der Waals surface area contributed by atoms with Crippen molar-refractivity contribution in [2.75, 3.05) is 11.1 Å². The van der Waals surface area contributed by atoms with Crippen molar-refractivity contribution < 1.29 is 4.79 Å². The largest absolute Gasteiger partial charge is 0.398 e. The molecule has 2 aromatic heterocycles. The van der Waals surface area contributed by atoms with E-state index >= 15 is 0 Å². The zero-order chi connectivity index (χ0) is 11.5. The Morgan fingerprint density at radius 1 is 1.50 bits per heavy atom. The maximum Gasteiger partial charge on any atom is 0.261 e. The molecule has 0 saturated heterocycles. The van der Waals surface area contributed by atoms with Gasteiger partial charge in [0.15, 0.2) is 0 Å². The highest BCUT2D eigenvalue weighted by molar-refractivity contribution is 6.06. The molecule has 0 fully saturated rings. The second kappa shape index (κ2) is 4.01. The molecule has 0 aromatic carbocycles. The summed E-state index contributed by atoms with van der Waals surface area (Å²) in [6, 6.07) is 1.65. The van der Waals surface area contributed by atoms with Gasteiger partial charge in [-0.05, 0) is 13.0 Å². The van der Waals surface area contributed by atoms with Crippen molar-refractivity contribution in [2.45, 2.75) is 6.92 Å². The van der Waals surface area contributed by atoms with Crippen LogP contribution in [0.2, 0.25) is 0 Å². The molecule has 2 heterocycles. The Hall–Kier alpha value is -2.37. The molecule has 0 aliphatic rings. The van der Waals surface area contributed by atoms with Gasteiger partial charge in [-0.15, -0.1) is 0 Å². The predicted octanol–water partition coefficient (Wildman–Crippen LogP) is 0.948. The number of aromatic nitrogens is 3. The second-order valence-corrected chi connectivity index (χ2v) is 3.30. The number of hydrogen-bond donors (Lipinski definition) is 3. The van der Waals surface area contributed by atoms with Gasteiger partial charge in [0.05, 0.1) is 5.56 Å². The van der Waals surface area contributed by atoms with E-state index in [1.165, 1.54) is 6.20 Å². The minimum Gasteiger partial charge on any atom is -0.398 e. The summed E-state index contributed by atoms with van der Waals surface area (Å²) in [5, 5.41) is 2.57. The fraction of sp³-hybridized carbons (Fsp3) is 0.100. The third kappa shape index (κ3) is 2.00. The topological polar surface area (TPSA) is 96.7 Å². The first-order valence-corrected chi connectivity index (χ1v) is 4.69. The number of hydrogen-bond acceptors (Lipinski definition) is 4. The number of imidazole rings is 1. The smallest absolute Gasteiger partial charge is 0.261 e. The van der Waals surface area contributed by atoms with Crippen LogP contribution in [0.25, 0.3) is 0 Å². The first-order chi connectivity index (χ1) is 7.66. The Balaban J connectivity index is 2.21. The fourth-order valence-corrected chi connectivity index (χ4v) is 1.28. The average molecular weight is 217 g/mol. The third-order valence-electron chi connectivity index (χ3n) is 2.05. The third-order valence-corrected chi connectivity index (χ3v) is 2.05. The van der Waals surface area contributed by atoms with E-state index in [1.807, 2.05) is 6.92 Å². The van der Waals surface area contributed by atoms with Crippen molar-refractivity contribution >= 4 is 17.5 Å². The molecule has 82 valence electrons. The molecule has 0 saturated carbocycles. The highest BCUT2D eigenvalue weighted by Gasteiger charge is 2.11. The van der Waals surface area contributed by atoms with Crippen LogP contribution >= 0.6 is 0 Å². The number of aryl methyl sites for hydroxylation is 1. The molecule has 2 aromatic rings. The molecule has 6 heteroatoms. The standard InChI is InChI=1S/C10H11N5O/c1-6-4-8(11)7(5-14-6)9(16)15-10-12-2-3-13-10/h2-5H,1H3,(H2,11,14)(H2,12,13,15,16). The summed E-state index contributed by atoms with van der Waals surface area (Å²) in [7, 11) is 0. The summed E-state index contributed by atoms with van der Waals surface area (Å²) >= 11 is 0. The summed E-state index contributed by atoms with van der Waals surface area (Å²) in [5.74, 6) is 0.0462. The van der Waals surface area contributed by atoms with Crippen molar-refractivity contribution in [3.05, 3.63) is 35.9 Å². The minimum absolute atomic E-state index is 0.333. The lowest BCUT2D eigenvalue weighted by Gasteiger charge is -2.05. The van der Waals surface area contributed by atoms with Crippen LogP contribution in [0.5, 0.6) is 0 Å². The van der Waals surface area contributed by atoms with Gasteiger partial charge in [-0.2, -0.15) is 0 Å². The highest BCUT2D eigenvalue weighted by atomic mass is 16.1. The number of amides is 1. The Morgan fingerprint density at radius 3 is 2.94 bits per heavy atom. The van der Waals surface area contributed by atoms with Crippen LogP contribution in [0.15, 0.2) is 24.7 Å². The Kier molecular flexibility index (Phi) is 2.55. The summed E-state index contributed by atoms with van der Waals surface area (Å²) in [5.41, 5.74) is 7.23. The van der Waals surface area contributed by atoms with Gasteiger partial charge in [0.25, 0.3) is 5.91 Å². The van der Waals surface area contributed by atoms with Gasteiger partial charge >= 0.3 is 0 Å². The molecular weight excluding hydrogens is 206 g/mol. The van der Waals surface area contributed by atoms with Gasteiger partial charge in [0, 0.05) is 30.0 Å². The van der Waals surface area contributed by atoms with Crippen LogP contribution in [0.1, 0.15) is 16.1 Å². The lowest BCUT2D eigenvalue weighted by atomic mass is 10.2. The van der Waals surface area contributed by atoms with Crippen LogP contribution in [0, 0.1) is 6.92 Å². The quantitative estimate of drug-likeness (QED) is 0.697. The molecule has 16 heavy (non-hydrogen) atoms. The number of carbonyl (C=O) groups is 1. The number of nitrogens with one attached hydrogen (secondary N) is 2. The number of H-pyrrole nitrogens is 1. The lowest BCUT2D eigenvalue weighted by Crippen LogP contribution is -2.15. The van der Waals surface area contributed by atoms with Crippen molar-refractivity contribution in [1.82, 2.24) is 15.0 Å². The zero-order valence-corrected chi connectivity index (χ0v) is 8.69. The molecule has 0 bridgehead atoms. The van der Waals surface area contributed by atoms with Gasteiger partial charge < -0.3 is 10.7 Å². The molecule has 0 radical (unpaired) electrons. The van der Waals surface area contributed by atoms with E-state index in [4.69, 9.17) is 5.73 Å². The summed E-state index contributed by atoms with van der Waals surface area (Å²) in [6.45, 7) is 1.81. The number of nitrogens with zero attached hydrogens (tertiary/aromatic N) is 2. The highest BCUT2D eigenvalue weighted by Crippen LogP contribution is 2.12. The van der Waals surface area contributed by atoms with Gasteiger partial charge in [-0.3, -0.25) is 15.1 Å². The summed E-state index contributed by atoms with van der Waals surface area (Å²) in [4.78, 5) is 22.4. The van der Waals surface area contributed by atoms with Gasteiger partial charge in [0.1, 0.15) is 0 Å². The molecule has 0 aliphatic carbocycles. The lowest BCUT2D eigenvalue weighted by molar-refractivity contribution is 0.102. The molecule has 0 aliphatic heterocycles. The number of rotatable bonds is 2. The SMILES string of the molecule is Cc1cc(N)c(C(=O)Nc2ncc[nH]2)cn1. The van der Waals surface area contributed by atoms with Crippen molar-refractivity contribution in [2.24, 2.45) is 0 Å². The van der Waals surface area contributed by atoms with E-state index in [0.717, 1.165) is 5.69 Å². The minimum atomic E-state index is -0.333. The first-order valence-electron chi connectivity index (χ1n) is 4.69. The van der Waals surface area contributed by atoms with E-state index in [1.54, 1.807) is 18.5 Å². The summed E-state index contributed by atoms with van der Waals surface area (Å²) in [6.07, 6.45) is 4.61. The molecule has 6 nitrogen and oxygen atoms in total. The number of nitrogens with two attached hydrogens (primary N) is 1. The fourth-order valence-electron chi connectivity index (χ4n) is 1.28. The first kappa shape index (κ1) is 10.2. The maximum absolute atomic E-state index is 11.8. The average Bonchev–Trinajstić information content (AvgIpc) is 2.70. The van der Waals surface area contributed by atoms with Crippen LogP contribution in [-0.2, 0) is 0 Å².